The molecule has 2 N–H and O–H groups in total. The van der Waals surface area contributed by atoms with E-state index in [1.54, 1.807) is 0 Å². The number of hydrogen-bond donors (Lipinski definition) is 2. The topological polar surface area (TPSA) is 84.3 Å². The summed E-state index contributed by atoms with van der Waals surface area (Å²) in [4.78, 5) is 21.9. The van der Waals surface area contributed by atoms with Gasteiger partial charge in [-0.05, 0) is 12.0 Å². The molecule has 1 rings (SSSR count). The van der Waals surface area contributed by atoms with Crippen molar-refractivity contribution >= 4 is 40.5 Å². The van der Waals surface area contributed by atoms with E-state index >= 15 is 0 Å². The summed E-state index contributed by atoms with van der Waals surface area (Å²) >= 11 is 11.5. The molecule has 0 heterocycles. The SMILES string of the molecule is CC(C)CNC(=O)CNc1cc(Cl)c(Cl)cc1[N+](=O)[O-]. The van der Waals surface area contributed by atoms with Crippen LogP contribution in [-0.4, -0.2) is 23.9 Å². The average Bonchev–Trinajstić information content (AvgIpc) is 2.36. The van der Waals surface area contributed by atoms with Crippen molar-refractivity contribution in [3.05, 3.63) is 32.3 Å². The maximum Gasteiger partial charge on any atom is 0.293 e. The second-order valence-corrected chi connectivity index (χ2v) is 5.41. The summed E-state index contributed by atoms with van der Waals surface area (Å²) in [5.41, 5.74) is -0.0693. The predicted octanol–water partition coefficient (Wildman–Crippen LogP) is 3.09. The van der Waals surface area contributed by atoms with E-state index in [1.165, 1.54) is 6.07 Å². The van der Waals surface area contributed by atoms with Crippen LogP contribution in [0.5, 0.6) is 0 Å². The van der Waals surface area contributed by atoms with Crippen LogP contribution in [0.4, 0.5) is 11.4 Å². The highest BCUT2D eigenvalue weighted by Crippen LogP contribution is 2.33. The number of halogens is 2. The molecule has 1 amide bonds. The molecule has 1 aromatic rings. The molecule has 0 aliphatic rings. The standard InChI is InChI=1S/C12H15Cl2N3O3/c1-7(2)5-16-12(18)6-15-10-3-8(13)9(14)4-11(10)17(19)20/h3-4,7,15H,5-6H2,1-2H3,(H,16,18). The molecule has 0 saturated heterocycles. The fraction of sp³-hybridized carbons (Fsp3) is 0.417. The van der Waals surface area contributed by atoms with Gasteiger partial charge in [0.1, 0.15) is 5.69 Å². The number of anilines is 1. The lowest BCUT2D eigenvalue weighted by Crippen LogP contribution is -2.32. The van der Waals surface area contributed by atoms with E-state index in [0.717, 1.165) is 6.07 Å². The van der Waals surface area contributed by atoms with Crippen molar-refractivity contribution in [2.75, 3.05) is 18.4 Å². The predicted molar refractivity (Wildman–Crippen MR) is 79.5 cm³/mol. The van der Waals surface area contributed by atoms with E-state index in [-0.39, 0.29) is 33.9 Å². The van der Waals surface area contributed by atoms with Crippen LogP contribution >= 0.6 is 23.2 Å². The van der Waals surface area contributed by atoms with Crippen LogP contribution in [-0.2, 0) is 4.79 Å². The lowest BCUT2D eigenvalue weighted by Gasteiger charge is -2.10. The molecular weight excluding hydrogens is 305 g/mol. The Bertz CT molecular complexity index is 521. The van der Waals surface area contributed by atoms with E-state index in [4.69, 9.17) is 23.2 Å². The Labute approximate surface area is 126 Å². The van der Waals surface area contributed by atoms with Crippen LogP contribution in [0.3, 0.4) is 0 Å². The molecule has 110 valence electrons. The van der Waals surface area contributed by atoms with Gasteiger partial charge in [-0.25, -0.2) is 0 Å². The Morgan fingerprint density at radius 1 is 1.35 bits per heavy atom. The molecule has 0 fully saturated rings. The van der Waals surface area contributed by atoms with Crippen LogP contribution in [0.1, 0.15) is 13.8 Å². The molecule has 0 bridgehead atoms. The van der Waals surface area contributed by atoms with Crippen molar-refractivity contribution in [2.24, 2.45) is 5.92 Å². The molecule has 0 atom stereocenters. The average molecular weight is 320 g/mol. The van der Waals surface area contributed by atoms with Crippen molar-refractivity contribution in [3.8, 4) is 0 Å². The van der Waals surface area contributed by atoms with Gasteiger partial charge in [0.05, 0.1) is 21.5 Å². The van der Waals surface area contributed by atoms with Crippen molar-refractivity contribution in [1.82, 2.24) is 5.32 Å². The molecule has 8 heteroatoms. The zero-order valence-electron chi connectivity index (χ0n) is 11.1. The Morgan fingerprint density at radius 2 is 1.95 bits per heavy atom. The van der Waals surface area contributed by atoms with Crippen LogP contribution in [0.25, 0.3) is 0 Å². The molecule has 0 radical (unpaired) electrons. The van der Waals surface area contributed by atoms with Gasteiger partial charge in [-0.3, -0.25) is 14.9 Å². The molecule has 20 heavy (non-hydrogen) atoms. The highest BCUT2D eigenvalue weighted by Gasteiger charge is 2.17. The lowest BCUT2D eigenvalue weighted by atomic mass is 10.2. The van der Waals surface area contributed by atoms with Gasteiger partial charge in [0.2, 0.25) is 5.91 Å². The summed E-state index contributed by atoms with van der Waals surface area (Å²) in [6.45, 7) is 4.41. The number of nitro benzene ring substituents is 1. The van der Waals surface area contributed by atoms with Crippen molar-refractivity contribution in [3.63, 3.8) is 0 Å². The van der Waals surface area contributed by atoms with Crippen molar-refractivity contribution < 1.29 is 9.72 Å². The molecule has 0 saturated carbocycles. The molecule has 0 spiro atoms. The van der Waals surface area contributed by atoms with E-state index < -0.39 is 4.92 Å². The Hall–Kier alpha value is -1.53. The first-order chi connectivity index (χ1) is 9.31. The van der Waals surface area contributed by atoms with Gasteiger partial charge in [-0.1, -0.05) is 37.0 Å². The number of nitrogens with one attached hydrogen (secondary N) is 2. The van der Waals surface area contributed by atoms with Crippen LogP contribution in [0.2, 0.25) is 10.0 Å². The second kappa shape index (κ2) is 7.31. The molecular formula is C12H15Cl2N3O3. The summed E-state index contributed by atoms with van der Waals surface area (Å²) in [6.07, 6.45) is 0. The summed E-state index contributed by atoms with van der Waals surface area (Å²) in [5.74, 6) is 0.0809. The maximum absolute atomic E-state index is 11.6. The summed E-state index contributed by atoms with van der Waals surface area (Å²) in [6, 6.07) is 2.48. The Balaban J connectivity index is 2.74. The second-order valence-electron chi connectivity index (χ2n) is 4.59. The molecule has 0 aliphatic heterocycles. The van der Waals surface area contributed by atoms with E-state index in [2.05, 4.69) is 10.6 Å². The van der Waals surface area contributed by atoms with Gasteiger partial charge in [0.25, 0.3) is 5.69 Å². The van der Waals surface area contributed by atoms with Gasteiger partial charge in [-0.2, -0.15) is 0 Å². The van der Waals surface area contributed by atoms with Gasteiger partial charge >= 0.3 is 0 Å². The number of nitro groups is 1. The minimum atomic E-state index is -0.587. The first-order valence-corrected chi connectivity index (χ1v) is 6.71. The van der Waals surface area contributed by atoms with Crippen LogP contribution < -0.4 is 10.6 Å². The zero-order valence-corrected chi connectivity index (χ0v) is 12.6. The number of rotatable bonds is 6. The van der Waals surface area contributed by atoms with Crippen LogP contribution in [0.15, 0.2) is 12.1 Å². The zero-order chi connectivity index (χ0) is 15.3. The normalized spacial score (nSPS) is 10.4. The van der Waals surface area contributed by atoms with E-state index in [0.29, 0.717) is 12.5 Å². The number of carbonyl (C=O) groups is 1. The molecule has 6 nitrogen and oxygen atoms in total. The quantitative estimate of drug-likeness (QED) is 0.623. The summed E-state index contributed by atoms with van der Waals surface area (Å²) < 4.78 is 0. The fourth-order valence-corrected chi connectivity index (χ4v) is 1.71. The summed E-state index contributed by atoms with van der Waals surface area (Å²) in [5, 5.41) is 16.6. The number of amides is 1. The Morgan fingerprint density at radius 3 is 2.50 bits per heavy atom. The van der Waals surface area contributed by atoms with Gasteiger partial charge in [0.15, 0.2) is 0 Å². The molecule has 1 aromatic carbocycles. The fourth-order valence-electron chi connectivity index (χ4n) is 1.38. The first-order valence-electron chi connectivity index (χ1n) is 5.95. The number of nitrogens with zero attached hydrogens (tertiary/aromatic N) is 1. The van der Waals surface area contributed by atoms with Gasteiger partial charge in [0, 0.05) is 12.6 Å². The van der Waals surface area contributed by atoms with Crippen molar-refractivity contribution in [2.45, 2.75) is 13.8 Å². The largest absolute Gasteiger partial charge is 0.371 e. The monoisotopic (exact) mass is 319 g/mol. The molecule has 0 aliphatic carbocycles. The van der Waals surface area contributed by atoms with E-state index in [1.807, 2.05) is 13.8 Å². The third kappa shape index (κ3) is 4.86. The molecule has 0 unspecified atom stereocenters. The van der Waals surface area contributed by atoms with Crippen LogP contribution in [0, 0.1) is 16.0 Å². The minimum absolute atomic E-state index is 0.0779. The Kier molecular flexibility index (Phi) is 6.04. The number of hydrogen-bond acceptors (Lipinski definition) is 4. The smallest absolute Gasteiger partial charge is 0.293 e. The number of benzene rings is 1. The highest BCUT2D eigenvalue weighted by molar-refractivity contribution is 6.42. The third-order valence-corrected chi connectivity index (χ3v) is 3.10. The maximum atomic E-state index is 11.6. The van der Waals surface area contributed by atoms with Gasteiger partial charge < -0.3 is 10.6 Å². The number of carbonyl (C=O) groups excluding carboxylic acids is 1. The summed E-state index contributed by atoms with van der Waals surface area (Å²) in [7, 11) is 0. The van der Waals surface area contributed by atoms with Gasteiger partial charge in [-0.15, -0.1) is 0 Å². The lowest BCUT2D eigenvalue weighted by molar-refractivity contribution is -0.383. The highest BCUT2D eigenvalue weighted by atomic mass is 35.5. The first kappa shape index (κ1) is 16.5. The van der Waals surface area contributed by atoms with E-state index in [9.17, 15) is 14.9 Å². The molecule has 0 aromatic heterocycles. The minimum Gasteiger partial charge on any atom is -0.371 e. The third-order valence-electron chi connectivity index (χ3n) is 2.38. The van der Waals surface area contributed by atoms with Crippen molar-refractivity contribution in [1.29, 1.82) is 0 Å².